The van der Waals surface area contributed by atoms with Crippen molar-refractivity contribution in [2.24, 2.45) is 0 Å². The Hall–Kier alpha value is -2.30. The molecule has 0 aliphatic carbocycles. The Morgan fingerprint density at radius 3 is 2.56 bits per heavy atom. The Labute approximate surface area is 149 Å². The highest BCUT2D eigenvalue weighted by Gasteiger charge is 2.17. The number of nitro groups is 1. The number of hydrogen-bond donors (Lipinski definition) is 2. The van der Waals surface area contributed by atoms with Gasteiger partial charge in [-0.15, -0.1) is 0 Å². The van der Waals surface area contributed by atoms with Crippen LogP contribution in [-0.4, -0.2) is 32.3 Å². The third kappa shape index (κ3) is 4.84. The van der Waals surface area contributed by atoms with E-state index in [1.165, 1.54) is 12.1 Å². The van der Waals surface area contributed by atoms with E-state index >= 15 is 0 Å². The molecule has 1 aromatic heterocycles. The first kappa shape index (κ1) is 19.0. The van der Waals surface area contributed by atoms with Crippen molar-refractivity contribution in [2.45, 2.75) is 18.7 Å². The number of sulfonamides is 1. The van der Waals surface area contributed by atoms with Crippen LogP contribution < -0.4 is 10.0 Å². The number of benzene rings is 1. The van der Waals surface area contributed by atoms with Crippen LogP contribution >= 0.6 is 11.3 Å². The van der Waals surface area contributed by atoms with Crippen molar-refractivity contribution in [3.05, 3.63) is 56.5 Å². The number of carbonyl (C=O) groups excluding carboxylic acids is 1. The third-order valence-electron chi connectivity index (χ3n) is 3.33. The van der Waals surface area contributed by atoms with Gasteiger partial charge in [0.1, 0.15) is 0 Å². The van der Waals surface area contributed by atoms with Crippen LogP contribution in [0.15, 0.2) is 35.2 Å². The highest BCUT2D eigenvalue weighted by molar-refractivity contribution is 7.89. The minimum atomic E-state index is -3.67. The van der Waals surface area contributed by atoms with E-state index in [1.807, 2.05) is 6.07 Å². The zero-order valence-corrected chi connectivity index (χ0v) is 15.2. The van der Waals surface area contributed by atoms with Gasteiger partial charge >= 0.3 is 5.00 Å². The van der Waals surface area contributed by atoms with E-state index in [4.69, 9.17) is 0 Å². The Morgan fingerprint density at radius 1 is 1.20 bits per heavy atom. The van der Waals surface area contributed by atoms with Gasteiger partial charge in [-0.3, -0.25) is 14.9 Å². The van der Waals surface area contributed by atoms with Crippen LogP contribution in [0, 0.1) is 24.0 Å². The molecule has 1 heterocycles. The molecule has 0 aliphatic rings. The summed E-state index contributed by atoms with van der Waals surface area (Å²) in [5.74, 6) is -0.482. The lowest BCUT2D eigenvalue weighted by molar-refractivity contribution is -0.380. The van der Waals surface area contributed by atoms with Gasteiger partial charge in [0.25, 0.3) is 5.91 Å². The topological polar surface area (TPSA) is 118 Å². The monoisotopic (exact) mass is 383 g/mol. The quantitative estimate of drug-likeness (QED) is 0.430. The molecule has 0 saturated heterocycles. The summed E-state index contributed by atoms with van der Waals surface area (Å²) >= 11 is 0.763. The number of nitrogens with one attached hydrogen (secondary N) is 2. The van der Waals surface area contributed by atoms with E-state index < -0.39 is 20.9 Å². The van der Waals surface area contributed by atoms with Gasteiger partial charge in [0, 0.05) is 19.2 Å². The fourth-order valence-electron chi connectivity index (χ4n) is 2.07. The van der Waals surface area contributed by atoms with E-state index in [0.29, 0.717) is 5.56 Å². The van der Waals surface area contributed by atoms with Crippen LogP contribution in [0.4, 0.5) is 5.00 Å². The second-order valence-corrected chi connectivity index (χ2v) is 8.12. The van der Waals surface area contributed by atoms with Crippen molar-refractivity contribution in [3.8, 4) is 0 Å². The number of aryl methyl sites for hydroxylation is 2. The molecule has 2 N–H and O–H groups in total. The molecule has 10 heteroatoms. The zero-order chi connectivity index (χ0) is 18.6. The highest BCUT2D eigenvalue weighted by Crippen LogP contribution is 2.23. The summed E-state index contributed by atoms with van der Waals surface area (Å²) in [5.41, 5.74) is 1.46. The normalized spacial score (nSPS) is 11.3. The van der Waals surface area contributed by atoms with Crippen molar-refractivity contribution in [2.75, 3.05) is 13.1 Å². The summed E-state index contributed by atoms with van der Waals surface area (Å²) in [6.07, 6.45) is 0. The fourth-order valence-corrected chi connectivity index (χ4v) is 4.17. The lowest BCUT2D eigenvalue weighted by Crippen LogP contribution is -2.34. The number of rotatable bonds is 7. The van der Waals surface area contributed by atoms with Crippen LogP contribution in [0.2, 0.25) is 0 Å². The summed E-state index contributed by atoms with van der Waals surface area (Å²) in [6.45, 7) is 3.59. The molecule has 0 unspecified atom stereocenters. The molecule has 0 atom stereocenters. The van der Waals surface area contributed by atoms with Crippen molar-refractivity contribution >= 4 is 32.3 Å². The maximum atomic E-state index is 12.3. The average Bonchev–Trinajstić information content (AvgIpc) is 3.04. The summed E-state index contributed by atoms with van der Waals surface area (Å²) < 4.78 is 27.0. The van der Waals surface area contributed by atoms with Crippen molar-refractivity contribution in [3.63, 3.8) is 0 Å². The highest BCUT2D eigenvalue weighted by atomic mass is 32.2. The molecule has 1 amide bonds. The first-order valence-corrected chi connectivity index (χ1v) is 9.60. The second kappa shape index (κ2) is 7.72. The molecule has 0 fully saturated rings. The molecule has 0 spiro atoms. The van der Waals surface area contributed by atoms with Gasteiger partial charge in [0.15, 0.2) is 0 Å². The Morgan fingerprint density at radius 2 is 1.92 bits per heavy atom. The molecule has 0 radical (unpaired) electrons. The lowest BCUT2D eigenvalue weighted by atomic mass is 10.2. The van der Waals surface area contributed by atoms with E-state index in [9.17, 15) is 23.3 Å². The minimum Gasteiger partial charge on any atom is -0.350 e. The Balaban J connectivity index is 1.90. The lowest BCUT2D eigenvalue weighted by Gasteiger charge is -2.10. The maximum absolute atomic E-state index is 12.3. The van der Waals surface area contributed by atoms with Gasteiger partial charge in [-0.25, -0.2) is 13.1 Å². The average molecular weight is 383 g/mol. The summed E-state index contributed by atoms with van der Waals surface area (Å²) in [5, 5.41) is 13.0. The van der Waals surface area contributed by atoms with Crippen LogP contribution in [0.25, 0.3) is 0 Å². The smallest absolute Gasteiger partial charge is 0.324 e. The van der Waals surface area contributed by atoms with Gasteiger partial charge in [0.2, 0.25) is 10.0 Å². The van der Waals surface area contributed by atoms with Gasteiger partial charge in [-0.2, -0.15) is 0 Å². The van der Waals surface area contributed by atoms with Crippen LogP contribution in [0.5, 0.6) is 0 Å². The van der Waals surface area contributed by atoms with Gasteiger partial charge < -0.3 is 5.32 Å². The minimum absolute atomic E-state index is 0.00885. The predicted molar refractivity (Wildman–Crippen MR) is 94.4 cm³/mol. The number of carbonyl (C=O) groups is 1. The van der Waals surface area contributed by atoms with Crippen LogP contribution in [0.3, 0.4) is 0 Å². The zero-order valence-electron chi connectivity index (χ0n) is 13.6. The molecule has 8 nitrogen and oxygen atoms in total. The summed E-state index contributed by atoms with van der Waals surface area (Å²) in [6, 6.07) is 7.76. The Kier molecular flexibility index (Phi) is 5.88. The number of amides is 1. The van der Waals surface area contributed by atoms with E-state index in [0.717, 1.165) is 16.9 Å². The number of nitrogens with zero attached hydrogens (tertiary/aromatic N) is 1. The van der Waals surface area contributed by atoms with Gasteiger partial charge in [-0.1, -0.05) is 23.5 Å². The molecule has 2 rings (SSSR count). The van der Waals surface area contributed by atoms with Crippen molar-refractivity contribution < 1.29 is 18.1 Å². The van der Waals surface area contributed by atoms with Crippen LogP contribution in [0.1, 0.15) is 20.8 Å². The predicted octanol–water partition coefficient (Wildman–Crippen LogP) is 1.98. The molecular formula is C15H17N3O5S2. The van der Waals surface area contributed by atoms with Crippen molar-refractivity contribution in [1.29, 1.82) is 0 Å². The van der Waals surface area contributed by atoms with Crippen molar-refractivity contribution in [1.82, 2.24) is 10.0 Å². The molecule has 0 saturated carbocycles. The first-order chi connectivity index (χ1) is 11.7. The largest absolute Gasteiger partial charge is 0.350 e. The third-order valence-corrected chi connectivity index (χ3v) is 5.97. The summed E-state index contributed by atoms with van der Waals surface area (Å²) in [4.78, 5) is 22.3. The molecule has 134 valence electrons. The molecular weight excluding hydrogens is 366 g/mol. The van der Waals surface area contributed by atoms with E-state index in [1.54, 1.807) is 26.0 Å². The summed E-state index contributed by atoms with van der Waals surface area (Å²) in [7, 11) is -3.67. The molecule has 2 aromatic rings. The SMILES string of the molecule is Cc1ccc(C)c(S(=O)(=O)NCCNC(=O)c2ccc([N+](=O)[O-])s2)c1. The van der Waals surface area contributed by atoms with Gasteiger partial charge in [0.05, 0.1) is 14.7 Å². The second-order valence-electron chi connectivity index (χ2n) is 5.32. The van der Waals surface area contributed by atoms with Crippen LogP contribution in [-0.2, 0) is 10.0 Å². The standard InChI is InChI=1S/C15H17N3O5S2/c1-10-3-4-11(2)13(9-10)25(22,23)17-8-7-16-15(19)12-5-6-14(24-12)18(20)21/h3-6,9,17H,7-8H2,1-2H3,(H,16,19). The fraction of sp³-hybridized carbons (Fsp3) is 0.267. The molecule has 1 aromatic carbocycles. The number of thiophene rings is 1. The Bertz CT molecular complexity index is 906. The van der Waals surface area contributed by atoms with E-state index in [2.05, 4.69) is 10.0 Å². The molecule has 0 aliphatic heterocycles. The van der Waals surface area contributed by atoms with Gasteiger partial charge in [-0.05, 0) is 37.1 Å². The molecule has 25 heavy (non-hydrogen) atoms. The maximum Gasteiger partial charge on any atom is 0.324 e. The molecule has 0 bridgehead atoms. The number of hydrogen-bond acceptors (Lipinski definition) is 6. The first-order valence-electron chi connectivity index (χ1n) is 7.30. The van der Waals surface area contributed by atoms with E-state index in [-0.39, 0.29) is 27.9 Å².